The highest BCUT2D eigenvalue weighted by Crippen LogP contribution is 2.19. The Labute approximate surface area is 112 Å². The van der Waals surface area contributed by atoms with Crippen molar-refractivity contribution >= 4 is 0 Å². The number of rotatable bonds is 4. The van der Waals surface area contributed by atoms with Crippen LogP contribution in [0.4, 0.5) is 4.39 Å². The van der Waals surface area contributed by atoms with Gasteiger partial charge in [-0.05, 0) is 54.8 Å². The van der Waals surface area contributed by atoms with Crippen molar-refractivity contribution in [2.24, 2.45) is 0 Å². The van der Waals surface area contributed by atoms with E-state index >= 15 is 0 Å². The number of hydrogen-bond acceptors (Lipinski definition) is 2. The molecule has 19 heavy (non-hydrogen) atoms. The van der Waals surface area contributed by atoms with E-state index in [4.69, 9.17) is 4.74 Å². The van der Waals surface area contributed by atoms with E-state index in [1.807, 2.05) is 19.1 Å². The van der Waals surface area contributed by atoms with Crippen molar-refractivity contribution in [1.29, 1.82) is 0 Å². The van der Waals surface area contributed by atoms with E-state index in [2.05, 4.69) is 0 Å². The minimum atomic E-state index is -0.487. The molecule has 2 rings (SSSR count). The number of aliphatic hydroxyl groups is 1. The molecule has 0 saturated carbocycles. The zero-order valence-electron chi connectivity index (χ0n) is 11.1. The molecule has 0 radical (unpaired) electrons. The van der Waals surface area contributed by atoms with Crippen LogP contribution >= 0.6 is 0 Å². The molecule has 0 bridgehead atoms. The third-order valence-electron chi connectivity index (χ3n) is 3.07. The number of hydrogen-bond donors (Lipinski definition) is 1. The van der Waals surface area contributed by atoms with Gasteiger partial charge in [0.2, 0.25) is 0 Å². The van der Waals surface area contributed by atoms with Crippen LogP contribution in [-0.4, -0.2) is 5.11 Å². The lowest BCUT2D eigenvalue weighted by Gasteiger charge is -2.10. The van der Waals surface area contributed by atoms with Crippen LogP contribution in [0.3, 0.4) is 0 Å². The lowest BCUT2D eigenvalue weighted by molar-refractivity contribution is 0.199. The molecule has 2 aromatic rings. The molecule has 1 N–H and O–H groups in total. The summed E-state index contributed by atoms with van der Waals surface area (Å²) in [6.07, 6.45) is -0.487. The molecule has 0 aliphatic heterocycles. The fourth-order valence-corrected chi connectivity index (χ4v) is 1.80. The Morgan fingerprint density at radius 1 is 1.16 bits per heavy atom. The highest BCUT2D eigenvalue weighted by molar-refractivity contribution is 5.30. The highest BCUT2D eigenvalue weighted by atomic mass is 19.1. The van der Waals surface area contributed by atoms with E-state index in [-0.39, 0.29) is 5.82 Å². The average Bonchev–Trinajstić information content (AvgIpc) is 2.40. The van der Waals surface area contributed by atoms with Crippen LogP contribution in [0.2, 0.25) is 0 Å². The summed E-state index contributed by atoms with van der Waals surface area (Å²) in [5, 5.41) is 9.41. The van der Waals surface area contributed by atoms with Gasteiger partial charge in [0, 0.05) is 0 Å². The second kappa shape index (κ2) is 5.85. The van der Waals surface area contributed by atoms with Gasteiger partial charge in [-0.2, -0.15) is 0 Å². The summed E-state index contributed by atoms with van der Waals surface area (Å²) in [6, 6.07) is 11.9. The maximum atomic E-state index is 13.1. The fraction of sp³-hybridized carbons (Fsp3) is 0.250. The van der Waals surface area contributed by atoms with Gasteiger partial charge in [-0.1, -0.05) is 18.2 Å². The Balaban J connectivity index is 2.04. The highest BCUT2D eigenvalue weighted by Gasteiger charge is 2.03. The van der Waals surface area contributed by atoms with E-state index in [9.17, 15) is 9.50 Å². The quantitative estimate of drug-likeness (QED) is 0.906. The van der Waals surface area contributed by atoms with Crippen molar-refractivity contribution in [1.82, 2.24) is 0 Å². The molecule has 0 heterocycles. The van der Waals surface area contributed by atoms with Crippen molar-refractivity contribution in [3.05, 3.63) is 65.0 Å². The first kappa shape index (κ1) is 13.6. The summed E-state index contributed by atoms with van der Waals surface area (Å²) >= 11 is 0. The lowest BCUT2D eigenvalue weighted by atomic mass is 10.1. The van der Waals surface area contributed by atoms with Gasteiger partial charge in [0.05, 0.1) is 6.10 Å². The molecule has 0 aliphatic carbocycles. The van der Waals surface area contributed by atoms with Gasteiger partial charge >= 0.3 is 0 Å². The average molecular weight is 260 g/mol. The first-order valence-electron chi connectivity index (χ1n) is 6.22. The summed E-state index contributed by atoms with van der Waals surface area (Å²) in [5.74, 6) is 0.446. The van der Waals surface area contributed by atoms with Gasteiger partial charge in [-0.15, -0.1) is 0 Å². The largest absolute Gasteiger partial charge is 0.489 e. The number of halogens is 1. The second-order valence-electron chi connectivity index (χ2n) is 4.60. The first-order chi connectivity index (χ1) is 9.06. The van der Waals surface area contributed by atoms with Crippen LogP contribution in [-0.2, 0) is 6.61 Å². The lowest BCUT2D eigenvalue weighted by Crippen LogP contribution is -1.99. The van der Waals surface area contributed by atoms with E-state index in [1.165, 1.54) is 12.1 Å². The van der Waals surface area contributed by atoms with Crippen LogP contribution in [0.25, 0.3) is 0 Å². The van der Waals surface area contributed by atoms with E-state index in [1.54, 1.807) is 25.1 Å². The van der Waals surface area contributed by atoms with E-state index in [0.29, 0.717) is 12.4 Å². The maximum Gasteiger partial charge on any atom is 0.123 e. The van der Waals surface area contributed by atoms with Crippen LogP contribution in [0.1, 0.15) is 29.7 Å². The maximum absolute atomic E-state index is 13.1. The van der Waals surface area contributed by atoms with Crippen LogP contribution in [0.5, 0.6) is 5.75 Å². The monoisotopic (exact) mass is 260 g/mol. The molecule has 0 amide bonds. The van der Waals surface area contributed by atoms with Gasteiger partial charge in [0.1, 0.15) is 18.2 Å². The molecule has 2 aromatic carbocycles. The number of ether oxygens (including phenoxy) is 1. The Hall–Kier alpha value is -1.87. The van der Waals surface area contributed by atoms with Crippen molar-refractivity contribution in [3.63, 3.8) is 0 Å². The second-order valence-corrected chi connectivity index (χ2v) is 4.60. The van der Waals surface area contributed by atoms with Gasteiger partial charge in [0.25, 0.3) is 0 Å². The normalized spacial score (nSPS) is 12.2. The Kier molecular flexibility index (Phi) is 4.17. The molecule has 100 valence electrons. The zero-order valence-corrected chi connectivity index (χ0v) is 11.1. The molecule has 0 unspecified atom stereocenters. The Morgan fingerprint density at radius 2 is 1.84 bits per heavy atom. The molecule has 0 aliphatic rings. The summed E-state index contributed by atoms with van der Waals surface area (Å²) in [6.45, 7) is 3.97. The minimum absolute atomic E-state index is 0.256. The van der Waals surface area contributed by atoms with Gasteiger partial charge in [0.15, 0.2) is 0 Å². The third-order valence-corrected chi connectivity index (χ3v) is 3.07. The predicted molar refractivity (Wildman–Crippen MR) is 72.5 cm³/mol. The SMILES string of the molecule is Cc1ccc(F)cc1COc1ccc([C@@H](C)O)cc1. The summed E-state index contributed by atoms with van der Waals surface area (Å²) in [4.78, 5) is 0. The minimum Gasteiger partial charge on any atom is -0.489 e. The van der Waals surface area contributed by atoms with Gasteiger partial charge in [-0.3, -0.25) is 0 Å². The molecular weight excluding hydrogens is 243 g/mol. The van der Waals surface area contributed by atoms with Crippen LogP contribution < -0.4 is 4.74 Å². The molecule has 3 heteroatoms. The Morgan fingerprint density at radius 3 is 2.47 bits per heavy atom. The summed E-state index contributed by atoms with van der Waals surface area (Å²) in [7, 11) is 0. The molecule has 0 fully saturated rings. The van der Waals surface area contributed by atoms with E-state index in [0.717, 1.165) is 16.7 Å². The van der Waals surface area contributed by atoms with Crippen LogP contribution in [0.15, 0.2) is 42.5 Å². The van der Waals surface area contributed by atoms with Crippen molar-refractivity contribution in [2.45, 2.75) is 26.6 Å². The Bertz CT molecular complexity index is 547. The smallest absolute Gasteiger partial charge is 0.123 e. The number of aliphatic hydroxyl groups excluding tert-OH is 1. The van der Waals surface area contributed by atoms with Gasteiger partial charge in [-0.25, -0.2) is 4.39 Å². The van der Waals surface area contributed by atoms with Gasteiger partial charge < -0.3 is 9.84 Å². The van der Waals surface area contributed by atoms with Crippen molar-refractivity contribution in [3.8, 4) is 5.75 Å². The van der Waals surface area contributed by atoms with Crippen molar-refractivity contribution < 1.29 is 14.2 Å². The number of aryl methyl sites for hydroxylation is 1. The molecule has 2 nitrogen and oxygen atoms in total. The number of benzene rings is 2. The summed E-state index contributed by atoms with van der Waals surface area (Å²) in [5.41, 5.74) is 2.68. The predicted octanol–water partition coefficient (Wildman–Crippen LogP) is 3.77. The van der Waals surface area contributed by atoms with E-state index < -0.39 is 6.10 Å². The topological polar surface area (TPSA) is 29.5 Å². The molecule has 0 spiro atoms. The van der Waals surface area contributed by atoms with Crippen molar-refractivity contribution in [2.75, 3.05) is 0 Å². The molecule has 1 atom stereocenters. The third kappa shape index (κ3) is 3.55. The molecule has 0 saturated heterocycles. The first-order valence-corrected chi connectivity index (χ1v) is 6.22. The van der Waals surface area contributed by atoms with Crippen LogP contribution in [0, 0.1) is 12.7 Å². The molecule has 0 aromatic heterocycles. The standard InChI is InChI=1S/C16H17FO2/c1-11-3-6-15(17)9-14(11)10-19-16-7-4-13(5-8-16)12(2)18/h3-9,12,18H,10H2,1-2H3/t12-/m1/s1. The fourth-order valence-electron chi connectivity index (χ4n) is 1.80. The summed E-state index contributed by atoms with van der Waals surface area (Å²) < 4.78 is 18.7. The zero-order chi connectivity index (χ0) is 13.8. The molecular formula is C16H17FO2.